The van der Waals surface area contributed by atoms with Crippen LogP contribution in [0.2, 0.25) is 0 Å². The third-order valence-electron chi connectivity index (χ3n) is 4.78. The lowest BCUT2D eigenvalue weighted by molar-refractivity contribution is 0.106. The summed E-state index contributed by atoms with van der Waals surface area (Å²) in [5.74, 6) is -0.173. The third kappa shape index (κ3) is 3.38. The van der Waals surface area contributed by atoms with Crippen LogP contribution >= 0.6 is 0 Å². The molecule has 1 aromatic rings. The van der Waals surface area contributed by atoms with Gasteiger partial charge >= 0.3 is 0 Å². The number of hydrogen-bond donors (Lipinski definition) is 2. The second-order valence-corrected chi connectivity index (χ2v) is 6.20. The maximum atomic E-state index is 13.9. The minimum atomic E-state index is -0.299. The summed E-state index contributed by atoms with van der Waals surface area (Å²) in [6.45, 7) is 3.82. The minimum Gasteiger partial charge on any atom is -0.391 e. The number of likely N-dealkylation sites (N-methyl/N-ethyl adjacent to an activating group) is 1. The van der Waals surface area contributed by atoms with Gasteiger partial charge in [-0.1, -0.05) is 12.8 Å². The van der Waals surface area contributed by atoms with E-state index in [0.29, 0.717) is 5.56 Å². The summed E-state index contributed by atoms with van der Waals surface area (Å²) in [6.07, 6.45) is 3.77. The fraction of sp³-hybridized carbons (Fsp3) is 0.647. The number of aliphatic hydroxyl groups excluding tert-OH is 1. The second kappa shape index (κ2) is 6.75. The molecule has 1 saturated carbocycles. The Hall–Kier alpha value is -1.13. The van der Waals surface area contributed by atoms with E-state index in [1.807, 2.05) is 27.1 Å². The molecule has 3 unspecified atom stereocenters. The highest BCUT2D eigenvalue weighted by Gasteiger charge is 2.28. The van der Waals surface area contributed by atoms with Gasteiger partial charge in [0.2, 0.25) is 0 Å². The number of anilines is 1. The van der Waals surface area contributed by atoms with Crippen molar-refractivity contribution < 1.29 is 9.50 Å². The molecule has 3 nitrogen and oxygen atoms in total. The van der Waals surface area contributed by atoms with Crippen LogP contribution in [0.5, 0.6) is 0 Å². The molecule has 3 atom stereocenters. The standard InChI is InChI=1S/C17H27FN2O/c1-11-9-16(13(10-14(11)18)12(2)19-3)20(4)15-7-5-6-8-17(15)21/h9-10,12,15,17,19,21H,5-8H2,1-4H3. The number of rotatable bonds is 4. The molecule has 2 rings (SSSR count). The molecule has 1 fully saturated rings. The van der Waals surface area contributed by atoms with Crippen molar-refractivity contribution in [3.8, 4) is 0 Å². The van der Waals surface area contributed by atoms with Gasteiger partial charge in [0.1, 0.15) is 5.82 Å². The minimum absolute atomic E-state index is 0.0679. The molecule has 118 valence electrons. The quantitative estimate of drug-likeness (QED) is 0.895. The van der Waals surface area contributed by atoms with Gasteiger partial charge in [0, 0.05) is 18.8 Å². The number of hydrogen-bond acceptors (Lipinski definition) is 3. The zero-order valence-electron chi connectivity index (χ0n) is 13.5. The average Bonchev–Trinajstić information content (AvgIpc) is 2.48. The summed E-state index contributed by atoms with van der Waals surface area (Å²) in [7, 11) is 3.89. The molecule has 0 radical (unpaired) electrons. The molecule has 1 aliphatic carbocycles. The number of halogens is 1. The van der Waals surface area contributed by atoms with E-state index in [1.54, 1.807) is 13.0 Å². The monoisotopic (exact) mass is 294 g/mol. The van der Waals surface area contributed by atoms with Crippen LogP contribution in [0.1, 0.15) is 49.8 Å². The van der Waals surface area contributed by atoms with Crippen molar-refractivity contribution in [2.24, 2.45) is 0 Å². The molecule has 0 aliphatic heterocycles. The highest BCUT2D eigenvalue weighted by molar-refractivity contribution is 5.57. The maximum absolute atomic E-state index is 13.9. The molecule has 0 aromatic heterocycles. The van der Waals surface area contributed by atoms with Crippen molar-refractivity contribution in [1.82, 2.24) is 5.32 Å². The molecule has 0 spiro atoms. The molecular formula is C17H27FN2O. The molecule has 0 saturated heterocycles. The van der Waals surface area contributed by atoms with E-state index in [1.165, 1.54) is 0 Å². The van der Waals surface area contributed by atoms with Crippen LogP contribution in [0.15, 0.2) is 12.1 Å². The molecule has 0 heterocycles. The van der Waals surface area contributed by atoms with Crippen molar-refractivity contribution in [2.75, 3.05) is 19.0 Å². The van der Waals surface area contributed by atoms with Crippen molar-refractivity contribution in [3.05, 3.63) is 29.1 Å². The van der Waals surface area contributed by atoms with Gasteiger partial charge in [-0.2, -0.15) is 0 Å². The van der Waals surface area contributed by atoms with Crippen molar-refractivity contribution >= 4 is 5.69 Å². The first kappa shape index (κ1) is 16.2. The van der Waals surface area contributed by atoms with E-state index >= 15 is 0 Å². The lowest BCUT2D eigenvalue weighted by Gasteiger charge is -2.38. The van der Waals surface area contributed by atoms with Crippen molar-refractivity contribution in [2.45, 2.75) is 57.7 Å². The Bertz CT molecular complexity index is 492. The van der Waals surface area contributed by atoms with Gasteiger partial charge in [-0.05, 0) is 57.0 Å². The summed E-state index contributed by atoms with van der Waals surface area (Å²) in [5.41, 5.74) is 2.61. The summed E-state index contributed by atoms with van der Waals surface area (Å²) in [6, 6.07) is 3.71. The molecule has 2 N–H and O–H groups in total. The summed E-state index contributed by atoms with van der Waals surface area (Å²) < 4.78 is 13.9. The lowest BCUT2D eigenvalue weighted by atomic mass is 9.90. The van der Waals surface area contributed by atoms with Gasteiger partial charge in [-0.15, -0.1) is 0 Å². The van der Waals surface area contributed by atoms with E-state index in [-0.39, 0.29) is 24.0 Å². The zero-order valence-corrected chi connectivity index (χ0v) is 13.5. The molecule has 1 aliphatic rings. The highest BCUT2D eigenvalue weighted by atomic mass is 19.1. The average molecular weight is 294 g/mol. The van der Waals surface area contributed by atoms with Crippen molar-refractivity contribution in [3.63, 3.8) is 0 Å². The molecule has 21 heavy (non-hydrogen) atoms. The predicted octanol–water partition coefficient (Wildman–Crippen LogP) is 3.15. The molecule has 0 bridgehead atoms. The SMILES string of the molecule is CNC(C)c1cc(F)c(C)cc1N(C)C1CCCCC1O. The Balaban J connectivity index is 2.38. The number of nitrogens with one attached hydrogen (secondary N) is 1. The van der Waals surface area contributed by atoms with Gasteiger partial charge in [0.15, 0.2) is 0 Å². The van der Waals surface area contributed by atoms with Gasteiger partial charge in [-0.25, -0.2) is 4.39 Å². The van der Waals surface area contributed by atoms with Gasteiger partial charge in [0.25, 0.3) is 0 Å². The molecule has 4 heteroatoms. The Morgan fingerprint density at radius 3 is 2.62 bits per heavy atom. The fourth-order valence-electron chi connectivity index (χ4n) is 3.21. The second-order valence-electron chi connectivity index (χ2n) is 6.20. The largest absolute Gasteiger partial charge is 0.391 e. The van der Waals surface area contributed by atoms with Crippen LogP contribution in [0.4, 0.5) is 10.1 Å². The van der Waals surface area contributed by atoms with Gasteiger partial charge in [0.05, 0.1) is 12.1 Å². The zero-order chi connectivity index (χ0) is 15.6. The Morgan fingerprint density at radius 1 is 1.33 bits per heavy atom. The predicted molar refractivity (Wildman–Crippen MR) is 85.3 cm³/mol. The van der Waals surface area contributed by atoms with Crippen LogP contribution in [0, 0.1) is 12.7 Å². The van der Waals surface area contributed by atoms with Crippen LogP contribution < -0.4 is 10.2 Å². The first-order valence-corrected chi connectivity index (χ1v) is 7.84. The van der Waals surface area contributed by atoms with E-state index in [9.17, 15) is 9.50 Å². The summed E-state index contributed by atoms with van der Waals surface area (Å²) in [4.78, 5) is 2.14. The smallest absolute Gasteiger partial charge is 0.126 e. The number of aliphatic hydroxyl groups is 1. The Labute approximate surface area is 127 Å². The number of nitrogens with zero attached hydrogens (tertiary/aromatic N) is 1. The van der Waals surface area contributed by atoms with Crippen molar-refractivity contribution in [1.29, 1.82) is 0 Å². The Morgan fingerprint density at radius 2 is 2.00 bits per heavy atom. The first-order chi connectivity index (χ1) is 9.95. The first-order valence-electron chi connectivity index (χ1n) is 7.84. The topological polar surface area (TPSA) is 35.5 Å². The summed E-state index contributed by atoms with van der Waals surface area (Å²) in [5, 5.41) is 13.5. The number of aryl methyl sites for hydroxylation is 1. The molecule has 1 aromatic carbocycles. The third-order valence-corrected chi connectivity index (χ3v) is 4.78. The van der Waals surface area contributed by atoms with E-state index < -0.39 is 0 Å². The molecular weight excluding hydrogens is 267 g/mol. The molecule has 0 amide bonds. The summed E-state index contributed by atoms with van der Waals surface area (Å²) >= 11 is 0. The fourth-order valence-corrected chi connectivity index (χ4v) is 3.21. The lowest BCUT2D eigenvalue weighted by Crippen LogP contribution is -2.44. The van der Waals surface area contributed by atoms with E-state index in [4.69, 9.17) is 0 Å². The highest BCUT2D eigenvalue weighted by Crippen LogP contribution is 2.33. The van der Waals surface area contributed by atoms with Crippen LogP contribution in [-0.2, 0) is 0 Å². The van der Waals surface area contributed by atoms with Crippen LogP contribution in [0.25, 0.3) is 0 Å². The van der Waals surface area contributed by atoms with Gasteiger partial charge in [-0.3, -0.25) is 0 Å². The van der Waals surface area contributed by atoms with Crippen LogP contribution in [0.3, 0.4) is 0 Å². The Kier molecular flexibility index (Phi) is 5.22. The van der Waals surface area contributed by atoms with Crippen LogP contribution in [-0.4, -0.2) is 31.3 Å². The maximum Gasteiger partial charge on any atom is 0.126 e. The normalized spacial score (nSPS) is 23.9. The number of benzene rings is 1. The van der Waals surface area contributed by atoms with E-state index in [0.717, 1.165) is 36.9 Å². The van der Waals surface area contributed by atoms with Gasteiger partial charge < -0.3 is 15.3 Å². The van der Waals surface area contributed by atoms with E-state index in [2.05, 4.69) is 10.2 Å².